The van der Waals surface area contributed by atoms with Gasteiger partial charge in [0.2, 0.25) is 5.54 Å². The number of halogens is 2. The van der Waals surface area contributed by atoms with Crippen LogP contribution >= 0.6 is 23.2 Å². The first kappa shape index (κ1) is 26.4. The van der Waals surface area contributed by atoms with Gasteiger partial charge < -0.3 is 25.6 Å². The molecule has 0 fully saturated rings. The highest BCUT2D eigenvalue weighted by atomic mass is 35.5. The Balaban J connectivity index is 2.27. The van der Waals surface area contributed by atoms with Crippen LogP contribution in [-0.2, 0) is 20.8 Å². The monoisotopic (exact) mass is 496 g/mol. The lowest BCUT2D eigenvalue weighted by Crippen LogP contribution is -2.62. The molecule has 0 saturated carbocycles. The molecule has 0 aliphatic rings. The van der Waals surface area contributed by atoms with Crippen LogP contribution in [0, 0.1) is 5.92 Å². The molecule has 0 radical (unpaired) electrons. The Labute approximate surface area is 201 Å². The number of alkyl halides is 2. The Morgan fingerprint density at radius 2 is 1.55 bits per heavy atom. The number of anilines is 1. The summed E-state index contributed by atoms with van der Waals surface area (Å²) < 4.78 is 5.29. The average molecular weight is 497 g/mol. The Bertz CT molecular complexity index is 936. The van der Waals surface area contributed by atoms with Gasteiger partial charge in [0.1, 0.15) is 5.75 Å². The van der Waals surface area contributed by atoms with Crippen LogP contribution in [0.3, 0.4) is 0 Å². The van der Waals surface area contributed by atoms with Gasteiger partial charge in [0.15, 0.2) is 0 Å². The lowest BCUT2D eigenvalue weighted by molar-refractivity contribution is -0.159. The van der Waals surface area contributed by atoms with Gasteiger partial charge in [0.05, 0.1) is 6.42 Å². The molecule has 0 amide bonds. The maximum absolute atomic E-state index is 12.9. The summed E-state index contributed by atoms with van der Waals surface area (Å²) in [7, 11) is 0. The number of carboxylic acids is 2. The quantitative estimate of drug-likeness (QED) is 0.167. The summed E-state index contributed by atoms with van der Waals surface area (Å²) >= 11 is 11.6. The van der Waals surface area contributed by atoms with Gasteiger partial charge in [-0.2, -0.15) is 0 Å². The summed E-state index contributed by atoms with van der Waals surface area (Å²) in [6.07, 6.45) is -0.659. The van der Waals surface area contributed by atoms with Crippen LogP contribution in [-0.4, -0.2) is 58.5 Å². The van der Waals surface area contributed by atoms with Crippen molar-refractivity contribution < 1.29 is 29.3 Å². The third kappa shape index (κ3) is 7.08. The summed E-state index contributed by atoms with van der Waals surface area (Å²) in [6, 6.07) is 15.0. The SMILES string of the molecule is N[C@@](C(=O)O)(C(=O)Oc1ccc(N(CCCl)CCCl)cc1)C(CC(=O)O)Cc1ccccc1. The minimum atomic E-state index is -2.57. The van der Waals surface area contributed by atoms with E-state index < -0.39 is 35.8 Å². The lowest BCUT2D eigenvalue weighted by atomic mass is 9.78. The van der Waals surface area contributed by atoms with Crippen LogP contribution in [0.4, 0.5) is 5.69 Å². The van der Waals surface area contributed by atoms with Crippen molar-refractivity contribution in [2.45, 2.75) is 18.4 Å². The van der Waals surface area contributed by atoms with E-state index in [1.807, 2.05) is 4.90 Å². The zero-order valence-corrected chi connectivity index (χ0v) is 19.3. The van der Waals surface area contributed by atoms with Crippen molar-refractivity contribution in [3.63, 3.8) is 0 Å². The molecule has 2 aromatic carbocycles. The maximum Gasteiger partial charge on any atom is 0.343 e. The summed E-state index contributed by atoms with van der Waals surface area (Å²) in [6.45, 7) is 1.13. The van der Waals surface area contributed by atoms with E-state index in [9.17, 15) is 24.6 Å². The molecule has 2 rings (SSSR count). The van der Waals surface area contributed by atoms with E-state index in [0.29, 0.717) is 30.4 Å². The molecule has 33 heavy (non-hydrogen) atoms. The molecule has 0 aliphatic carbocycles. The number of nitrogens with two attached hydrogens (primary N) is 1. The second-order valence-electron chi connectivity index (χ2n) is 7.41. The van der Waals surface area contributed by atoms with Gasteiger partial charge in [0, 0.05) is 36.5 Å². The molecule has 0 aromatic heterocycles. The molecule has 178 valence electrons. The van der Waals surface area contributed by atoms with Crippen LogP contribution in [0.1, 0.15) is 12.0 Å². The third-order valence-corrected chi connectivity index (χ3v) is 5.54. The molecule has 2 aromatic rings. The van der Waals surface area contributed by atoms with E-state index in [2.05, 4.69) is 0 Å². The van der Waals surface area contributed by atoms with E-state index in [4.69, 9.17) is 33.7 Å². The third-order valence-electron chi connectivity index (χ3n) is 5.20. The van der Waals surface area contributed by atoms with E-state index in [1.54, 1.807) is 42.5 Å². The van der Waals surface area contributed by atoms with E-state index >= 15 is 0 Å². The number of rotatable bonds is 13. The van der Waals surface area contributed by atoms with Crippen LogP contribution in [0.25, 0.3) is 0 Å². The van der Waals surface area contributed by atoms with Gasteiger partial charge in [-0.25, -0.2) is 9.59 Å². The van der Waals surface area contributed by atoms with Crippen molar-refractivity contribution in [2.75, 3.05) is 29.7 Å². The van der Waals surface area contributed by atoms with Gasteiger partial charge in [-0.15, -0.1) is 23.2 Å². The zero-order valence-electron chi connectivity index (χ0n) is 17.8. The number of ether oxygens (including phenoxy) is 1. The van der Waals surface area contributed by atoms with Crippen molar-refractivity contribution in [1.82, 2.24) is 0 Å². The fourth-order valence-electron chi connectivity index (χ4n) is 3.42. The molecule has 0 saturated heterocycles. The van der Waals surface area contributed by atoms with E-state index in [0.717, 1.165) is 5.69 Å². The zero-order chi connectivity index (χ0) is 24.4. The molecule has 10 heteroatoms. The predicted octanol–water partition coefficient (Wildman–Crippen LogP) is 2.99. The van der Waals surface area contributed by atoms with Gasteiger partial charge in [-0.1, -0.05) is 30.3 Å². The predicted molar refractivity (Wildman–Crippen MR) is 126 cm³/mol. The minimum absolute atomic E-state index is 0.0320. The second kappa shape index (κ2) is 12.4. The summed E-state index contributed by atoms with van der Waals surface area (Å²) in [5.41, 5.74) is 4.92. The first-order chi connectivity index (χ1) is 15.7. The highest BCUT2D eigenvalue weighted by Gasteiger charge is 2.51. The first-order valence-electron chi connectivity index (χ1n) is 10.2. The molecule has 0 aliphatic heterocycles. The van der Waals surface area contributed by atoms with Crippen LogP contribution < -0.4 is 15.4 Å². The summed E-state index contributed by atoms with van der Waals surface area (Å²) in [4.78, 5) is 38.4. The molecule has 0 heterocycles. The van der Waals surface area contributed by atoms with Gasteiger partial charge in [-0.05, 0) is 36.2 Å². The number of esters is 1. The topological polar surface area (TPSA) is 130 Å². The molecule has 1 unspecified atom stereocenters. The molecular formula is C23H26Cl2N2O6. The molecule has 0 bridgehead atoms. The van der Waals surface area contributed by atoms with Crippen molar-refractivity contribution in [2.24, 2.45) is 11.7 Å². The van der Waals surface area contributed by atoms with Crippen molar-refractivity contribution in [3.05, 3.63) is 60.2 Å². The first-order valence-corrected chi connectivity index (χ1v) is 11.3. The lowest BCUT2D eigenvalue weighted by Gasteiger charge is -2.31. The number of carbonyl (C=O) groups excluding carboxylic acids is 1. The summed E-state index contributed by atoms with van der Waals surface area (Å²) in [5, 5.41) is 19.2. The molecule has 2 atom stereocenters. The van der Waals surface area contributed by atoms with Crippen molar-refractivity contribution in [3.8, 4) is 5.75 Å². The number of nitrogens with zero attached hydrogens (tertiary/aromatic N) is 1. The smallest absolute Gasteiger partial charge is 0.343 e. The number of benzene rings is 2. The average Bonchev–Trinajstić information content (AvgIpc) is 2.78. The van der Waals surface area contributed by atoms with E-state index in [-0.39, 0.29) is 12.2 Å². The van der Waals surface area contributed by atoms with Gasteiger partial charge >= 0.3 is 17.9 Å². The highest BCUT2D eigenvalue weighted by molar-refractivity contribution is 6.18. The number of hydrogen-bond acceptors (Lipinski definition) is 6. The largest absolute Gasteiger partial charge is 0.481 e. The Morgan fingerprint density at radius 1 is 0.970 bits per heavy atom. The fraction of sp³-hybridized carbons (Fsp3) is 0.348. The maximum atomic E-state index is 12.9. The van der Waals surface area contributed by atoms with Crippen LogP contribution in [0.5, 0.6) is 5.75 Å². The number of carbonyl (C=O) groups is 3. The van der Waals surface area contributed by atoms with E-state index in [1.165, 1.54) is 12.1 Å². The fourth-order valence-corrected chi connectivity index (χ4v) is 3.83. The van der Waals surface area contributed by atoms with Crippen molar-refractivity contribution in [1.29, 1.82) is 0 Å². The Hall–Kier alpha value is -2.81. The highest BCUT2D eigenvalue weighted by Crippen LogP contribution is 2.27. The number of carboxylic acid groups (broad SMARTS) is 2. The number of hydrogen-bond donors (Lipinski definition) is 3. The number of aliphatic carboxylic acids is 2. The second-order valence-corrected chi connectivity index (χ2v) is 8.16. The van der Waals surface area contributed by atoms with Crippen LogP contribution in [0.2, 0.25) is 0 Å². The summed E-state index contributed by atoms with van der Waals surface area (Å²) in [5.74, 6) is -4.56. The standard InChI is InChI=1S/C23H26Cl2N2O6/c24-10-12-27(13-11-25)18-6-8-19(9-7-18)33-22(32)23(26,21(30)31)17(15-20(28)29)14-16-4-2-1-3-5-16/h1-9,17H,10-15,26H2,(H,28,29)(H,30,31)/t17?,23-/m0/s1. The van der Waals surface area contributed by atoms with Crippen LogP contribution in [0.15, 0.2) is 54.6 Å². The molecule has 4 N–H and O–H groups in total. The normalized spacial score (nSPS) is 13.5. The molecule has 8 nitrogen and oxygen atoms in total. The molecular weight excluding hydrogens is 471 g/mol. The van der Waals surface area contributed by atoms with Gasteiger partial charge in [-0.3, -0.25) is 4.79 Å². The Morgan fingerprint density at radius 3 is 2.03 bits per heavy atom. The van der Waals surface area contributed by atoms with Crippen molar-refractivity contribution >= 4 is 46.8 Å². The minimum Gasteiger partial charge on any atom is -0.481 e. The Kier molecular flexibility index (Phi) is 9.96. The molecule has 0 spiro atoms. The van der Waals surface area contributed by atoms with Gasteiger partial charge in [0.25, 0.3) is 0 Å².